The van der Waals surface area contributed by atoms with E-state index in [0.717, 1.165) is 47.4 Å². The predicted molar refractivity (Wildman–Crippen MR) is 108 cm³/mol. The molecule has 1 aromatic carbocycles. The molecule has 28 heavy (non-hydrogen) atoms. The lowest BCUT2D eigenvalue weighted by Crippen LogP contribution is -2.48. The van der Waals surface area contributed by atoms with Crippen LogP contribution < -0.4 is 9.47 Å². The summed E-state index contributed by atoms with van der Waals surface area (Å²) in [5, 5.41) is 9.48. The number of carbonyl (C=O) groups is 1. The van der Waals surface area contributed by atoms with Crippen molar-refractivity contribution in [1.82, 2.24) is 19.7 Å². The molecule has 1 fully saturated rings. The van der Waals surface area contributed by atoms with Gasteiger partial charge in [-0.25, -0.2) is 0 Å². The molecule has 2 aromatic rings. The summed E-state index contributed by atoms with van der Waals surface area (Å²) < 4.78 is 12.9. The van der Waals surface area contributed by atoms with Crippen molar-refractivity contribution in [2.45, 2.75) is 63.8 Å². The maximum absolute atomic E-state index is 12.8. The minimum Gasteiger partial charge on any atom is -0.454 e. The number of benzene rings is 1. The Hall–Kier alpha value is -2.22. The van der Waals surface area contributed by atoms with Crippen LogP contribution >= 0.6 is 11.8 Å². The van der Waals surface area contributed by atoms with Gasteiger partial charge in [-0.15, -0.1) is 10.2 Å². The van der Waals surface area contributed by atoms with Crippen LogP contribution in [-0.4, -0.2) is 50.2 Å². The highest BCUT2D eigenvalue weighted by atomic mass is 32.2. The van der Waals surface area contributed by atoms with Crippen LogP contribution in [0.1, 0.15) is 40.0 Å². The molecule has 0 aliphatic carbocycles. The zero-order valence-electron chi connectivity index (χ0n) is 16.6. The molecule has 0 bridgehead atoms. The molecule has 3 heterocycles. The topological polar surface area (TPSA) is 69.5 Å². The Balaban J connectivity index is 1.49. The molecule has 0 radical (unpaired) electrons. The maximum Gasteiger partial charge on any atom is 0.233 e. The van der Waals surface area contributed by atoms with Crippen molar-refractivity contribution in [2.24, 2.45) is 0 Å². The number of amides is 1. The van der Waals surface area contributed by atoms with Gasteiger partial charge in [0.2, 0.25) is 12.7 Å². The fraction of sp³-hybridized carbons (Fsp3) is 0.550. The summed E-state index contributed by atoms with van der Waals surface area (Å²) in [6.45, 7) is 7.31. The molecule has 0 spiro atoms. The Labute approximate surface area is 169 Å². The van der Waals surface area contributed by atoms with Crippen molar-refractivity contribution >= 4 is 17.7 Å². The van der Waals surface area contributed by atoms with Gasteiger partial charge in [-0.1, -0.05) is 11.8 Å². The number of fused-ring (bicyclic) bond motifs is 1. The summed E-state index contributed by atoms with van der Waals surface area (Å²) in [4.78, 5) is 14.9. The number of thioether (sulfide) groups is 1. The van der Waals surface area contributed by atoms with Crippen molar-refractivity contribution < 1.29 is 14.3 Å². The van der Waals surface area contributed by atoms with E-state index in [1.807, 2.05) is 27.7 Å². The van der Waals surface area contributed by atoms with E-state index in [1.54, 1.807) is 0 Å². The molecule has 0 saturated carbocycles. The molecule has 1 amide bonds. The number of aromatic nitrogens is 3. The maximum atomic E-state index is 12.8. The lowest BCUT2D eigenvalue weighted by Gasteiger charge is -2.39. The van der Waals surface area contributed by atoms with Crippen LogP contribution in [0.3, 0.4) is 0 Å². The van der Waals surface area contributed by atoms with E-state index in [4.69, 9.17) is 9.47 Å². The van der Waals surface area contributed by atoms with Gasteiger partial charge >= 0.3 is 0 Å². The first-order valence-corrected chi connectivity index (χ1v) is 10.8. The molecule has 1 saturated heterocycles. The summed E-state index contributed by atoms with van der Waals surface area (Å²) in [7, 11) is 0. The SMILES string of the molecule is CCn1c(SCC(=O)N2C(C)CCCC2C)nnc1-c1ccc2c(c1)OCO2. The third-order valence-electron chi connectivity index (χ3n) is 5.47. The molecule has 2 unspecified atom stereocenters. The Morgan fingerprint density at radius 1 is 1.18 bits per heavy atom. The second-order valence-electron chi connectivity index (χ2n) is 7.34. The van der Waals surface area contributed by atoms with Crippen molar-refractivity contribution in [3.8, 4) is 22.9 Å². The normalized spacial score (nSPS) is 21.2. The molecule has 0 N–H and O–H groups in total. The van der Waals surface area contributed by atoms with Crippen LogP contribution in [0.15, 0.2) is 23.4 Å². The quantitative estimate of drug-likeness (QED) is 0.712. The average Bonchev–Trinajstić information content (AvgIpc) is 3.31. The van der Waals surface area contributed by atoms with Gasteiger partial charge in [0.05, 0.1) is 5.75 Å². The van der Waals surface area contributed by atoms with E-state index in [9.17, 15) is 4.79 Å². The molecule has 150 valence electrons. The number of likely N-dealkylation sites (tertiary alicyclic amines) is 1. The highest BCUT2D eigenvalue weighted by molar-refractivity contribution is 7.99. The predicted octanol–water partition coefficient (Wildman–Crippen LogP) is 3.58. The number of nitrogens with zero attached hydrogens (tertiary/aromatic N) is 4. The number of piperidine rings is 1. The molecule has 8 heteroatoms. The Bertz CT molecular complexity index is 859. The number of hydrogen-bond acceptors (Lipinski definition) is 6. The first kappa shape index (κ1) is 19.1. The number of hydrogen-bond donors (Lipinski definition) is 0. The van der Waals surface area contributed by atoms with Crippen molar-refractivity contribution in [3.05, 3.63) is 18.2 Å². The zero-order chi connectivity index (χ0) is 19.7. The fourth-order valence-electron chi connectivity index (χ4n) is 4.04. The van der Waals surface area contributed by atoms with Gasteiger partial charge in [0, 0.05) is 24.2 Å². The minimum atomic E-state index is 0.181. The van der Waals surface area contributed by atoms with Gasteiger partial charge in [0.15, 0.2) is 22.5 Å². The van der Waals surface area contributed by atoms with E-state index in [2.05, 4.69) is 31.0 Å². The Morgan fingerprint density at radius 3 is 2.68 bits per heavy atom. The molecule has 2 aliphatic rings. The standard InChI is InChI=1S/C20H26N4O3S/c1-4-23-19(15-8-9-16-17(10-15)27-12-26-16)21-22-20(23)28-11-18(25)24-13(2)6-5-7-14(24)3/h8-10,13-14H,4-7,11-12H2,1-3H3. The lowest BCUT2D eigenvalue weighted by atomic mass is 9.98. The van der Waals surface area contributed by atoms with Crippen molar-refractivity contribution in [3.63, 3.8) is 0 Å². The Morgan fingerprint density at radius 2 is 1.93 bits per heavy atom. The average molecular weight is 403 g/mol. The van der Waals surface area contributed by atoms with Crippen LogP contribution in [0.25, 0.3) is 11.4 Å². The highest BCUT2D eigenvalue weighted by Gasteiger charge is 2.29. The molecular weight excluding hydrogens is 376 g/mol. The van der Waals surface area contributed by atoms with E-state index in [-0.39, 0.29) is 12.7 Å². The van der Waals surface area contributed by atoms with E-state index in [0.29, 0.717) is 17.8 Å². The summed E-state index contributed by atoms with van der Waals surface area (Å²) in [6, 6.07) is 6.40. The largest absolute Gasteiger partial charge is 0.454 e. The summed E-state index contributed by atoms with van der Waals surface area (Å²) >= 11 is 1.46. The highest BCUT2D eigenvalue weighted by Crippen LogP contribution is 2.36. The molecule has 7 nitrogen and oxygen atoms in total. The second kappa shape index (κ2) is 8.03. The number of carbonyl (C=O) groups excluding carboxylic acids is 1. The molecular formula is C20H26N4O3S. The van der Waals surface area contributed by atoms with Gasteiger partial charge in [-0.2, -0.15) is 0 Å². The van der Waals surface area contributed by atoms with E-state index < -0.39 is 0 Å². The minimum absolute atomic E-state index is 0.181. The van der Waals surface area contributed by atoms with Crippen LogP contribution in [0, 0.1) is 0 Å². The van der Waals surface area contributed by atoms with Gasteiger partial charge in [-0.05, 0) is 58.2 Å². The molecule has 2 atom stereocenters. The third kappa shape index (κ3) is 3.57. The second-order valence-corrected chi connectivity index (χ2v) is 8.28. The third-order valence-corrected chi connectivity index (χ3v) is 6.42. The summed E-state index contributed by atoms with van der Waals surface area (Å²) in [5.41, 5.74) is 0.926. The van der Waals surface area contributed by atoms with Crippen molar-refractivity contribution in [1.29, 1.82) is 0 Å². The van der Waals surface area contributed by atoms with Crippen molar-refractivity contribution in [2.75, 3.05) is 12.5 Å². The van der Waals surface area contributed by atoms with Crippen LogP contribution in [-0.2, 0) is 11.3 Å². The fourth-order valence-corrected chi connectivity index (χ4v) is 4.92. The summed E-state index contributed by atoms with van der Waals surface area (Å²) in [6.07, 6.45) is 3.36. The van der Waals surface area contributed by atoms with E-state index >= 15 is 0 Å². The smallest absolute Gasteiger partial charge is 0.233 e. The molecule has 2 aliphatic heterocycles. The first-order chi connectivity index (χ1) is 13.6. The summed E-state index contributed by atoms with van der Waals surface area (Å²) in [5.74, 6) is 2.81. The first-order valence-electron chi connectivity index (χ1n) is 9.85. The van der Waals surface area contributed by atoms with Crippen LogP contribution in [0.4, 0.5) is 0 Å². The number of ether oxygens (including phenoxy) is 2. The lowest BCUT2D eigenvalue weighted by molar-refractivity contribution is -0.134. The van der Waals surface area contributed by atoms with Gasteiger partial charge in [-0.3, -0.25) is 4.79 Å². The number of rotatable bonds is 5. The molecule has 4 rings (SSSR count). The van der Waals surface area contributed by atoms with E-state index in [1.165, 1.54) is 18.2 Å². The monoisotopic (exact) mass is 402 g/mol. The van der Waals surface area contributed by atoms with Gasteiger partial charge in [0.1, 0.15) is 0 Å². The van der Waals surface area contributed by atoms with Crippen LogP contribution in [0.2, 0.25) is 0 Å². The van der Waals surface area contributed by atoms with Gasteiger partial charge < -0.3 is 18.9 Å². The molecule has 1 aromatic heterocycles. The Kier molecular flexibility index (Phi) is 5.48. The zero-order valence-corrected chi connectivity index (χ0v) is 17.4. The van der Waals surface area contributed by atoms with Gasteiger partial charge in [0.25, 0.3) is 0 Å². The van der Waals surface area contributed by atoms with Crippen LogP contribution in [0.5, 0.6) is 11.5 Å².